The Morgan fingerprint density at radius 1 is 1.29 bits per heavy atom. The number of benzene rings is 1. The number of rotatable bonds is 2. The van der Waals surface area contributed by atoms with Crippen molar-refractivity contribution in [2.75, 3.05) is 13.1 Å². The van der Waals surface area contributed by atoms with Crippen molar-refractivity contribution in [3.8, 4) is 0 Å². The third-order valence-electron chi connectivity index (χ3n) is 2.70. The Hall–Kier alpha value is -0.340. The van der Waals surface area contributed by atoms with Crippen LogP contribution in [0.4, 0.5) is 0 Å². The van der Waals surface area contributed by atoms with Gasteiger partial charge in [0.1, 0.15) is 0 Å². The van der Waals surface area contributed by atoms with Gasteiger partial charge in [-0.2, -0.15) is 0 Å². The normalized spacial score (nSPS) is 23.6. The molecular weight excluding hydrogens is 238 g/mol. The van der Waals surface area contributed by atoms with Crippen molar-refractivity contribution >= 4 is 15.9 Å². The molecule has 0 amide bonds. The zero-order valence-electron chi connectivity index (χ0n) is 8.32. The van der Waals surface area contributed by atoms with Gasteiger partial charge in [0, 0.05) is 17.9 Å². The molecule has 1 aromatic carbocycles. The van der Waals surface area contributed by atoms with Crippen LogP contribution in [0.5, 0.6) is 0 Å². The van der Waals surface area contributed by atoms with Crippen molar-refractivity contribution in [3.05, 3.63) is 35.9 Å². The van der Waals surface area contributed by atoms with E-state index in [1.807, 2.05) is 0 Å². The smallest absolute Gasteiger partial charge is 0.0273 e. The van der Waals surface area contributed by atoms with E-state index in [9.17, 15) is 0 Å². The topological polar surface area (TPSA) is 3.24 Å². The first-order valence-corrected chi connectivity index (χ1v) is 6.16. The van der Waals surface area contributed by atoms with Crippen LogP contribution < -0.4 is 0 Å². The van der Waals surface area contributed by atoms with Crippen molar-refractivity contribution < 1.29 is 0 Å². The lowest BCUT2D eigenvalue weighted by Crippen LogP contribution is -2.35. The third kappa shape index (κ3) is 2.82. The number of likely N-dealkylation sites (tertiary alicyclic amines) is 1. The average Bonchev–Trinajstić information content (AvgIpc) is 2.19. The third-order valence-corrected chi connectivity index (χ3v) is 3.44. The first-order chi connectivity index (χ1) is 6.84. The predicted molar refractivity (Wildman–Crippen MR) is 63.7 cm³/mol. The second kappa shape index (κ2) is 4.94. The van der Waals surface area contributed by atoms with Gasteiger partial charge in [-0.1, -0.05) is 46.3 Å². The van der Waals surface area contributed by atoms with Crippen LogP contribution in [0.3, 0.4) is 0 Å². The Balaban J connectivity index is 1.91. The molecular formula is C12H16BrN. The van der Waals surface area contributed by atoms with E-state index in [0.717, 1.165) is 6.54 Å². The maximum absolute atomic E-state index is 3.70. The number of piperidine rings is 1. The summed E-state index contributed by atoms with van der Waals surface area (Å²) in [4.78, 5) is 3.22. The summed E-state index contributed by atoms with van der Waals surface area (Å²) < 4.78 is 0. The van der Waals surface area contributed by atoms with E-state index in [-0.39, 0.29) is 0 Å². The molecule has 14 heavy (non-hydrogen) atoms. The molecule has 2 rings (SSSR count). The molecule has 1 aromatic rings. The summed E-state index contributed by atoms with van der Waals surface area (Å²) in [6.45, 7) is 3.54. The lowest BCUT2D eigenvalue weighted by molar-refractivity contribution is 0.228. The summed E-state index contributed by atoms with van der Waals surface area (Å²) >= 11 is 3.70. The van der Waals surface area contributed by atoms with E-state index in [1.54, 1.807) is 0 Å². The molecule has 1 fully saturated rings. The summed E-state index contributed by atoms with van der Waals surface area (Å²) in [5.41, 5.74) is 1.43. The maximum Gasteiger partial charge on any atom is 0.0273 e. The Morgan fingerprint density at radius 2 is 2.07 bits per heavy atom. The quantitative estimate of drug-likeness (QED) is 0.733. The zero-order chi connectivity index (χ0) is 9.80. The van der Waals surface area contributed by atoms with E-state index in [1.165, 1.54) is 31.5 Å². The molecule has 1 atom stereocenters. The molecule has 0 N–H and O–H groups in total. The van der Waals surface area contributed by atoms with Gasteiger partial charge in [-0.25, -0.2) is 0 Å². The number of alkyl halides is 1. The van der Waals surface area contributed by atoms with E-state index in [4.69, 9.17) is 0 Å². The fraction of sp³-hybridized carbons (Fsp3) is 0.500. The van der Waals surface area contributed by atoms with Crippen LogP contribution in [-0.2, 0) is 6.54 Å². The van der Waals surface area contributed by atoms with Gasteiger partial charge in [0.15, 0.2) is 0 Å². The van der Waals surface area contributed by atoms with Crippen molar-refractivity contribution in [1.82, 2.24) is 4.90 Å². The van der Waals surface area contributed by atoms with E-state index in [0.29, 0.717) is 4.83 Å². The van der Waals surface area contributed by atoms with Gasteiger partial charge in [-0.3, -0.25) is 4.90 Å². The molecule has 1 heterocycles. The van der Waals surface area contributed by atoms with Gasteiger partial charge in [0.05, 0.1) is 0 Å². The zero-order valence-corrected chi connectivity index (χ0v) is 9.91. The molecule has 0 aliphatic carbocycles. The van der Waals surface area contributed by atoms with Crippen molar-refractivity contribution in [3.63, 3.8) is 0 Å². The second-order valence-electron chi connectivity index (χ2n) is 3.96. The van der Waals surface area contributed by atoms with Gasteiger partial charge in [-0.05, 0) is 24.9 Å². The molecule has 0 radical (unpaired) electrons. The lowest BCUT2D eigenvalue weighted by Gasteiger charge is -2.29. The van der Waals surface area contributed by atoms with Gasteiger partial charge in [0.2, 0.25) is 0 Å². The molecule has 76 valence electrons. The Morgan fingerprint density at radius 3 is 2.79 bits per heavy atom. The van der Waals surface area contributed by atoms with E-state index < -0.39 is 0 Å². The summed E-state index contributed by atoms with van der Waals surface area (Å²) in [5, 5.41) is 0. The molecule has 0 spiro atoms. The molecule has 0 saturated carbocycles. The highest BCUT2D eigenvalue weighted by atomic mass is 79.9. The highest BCUT2D eigenvalue weighted by Crippen LogP contribution is 2.18. The Kier molecular flexibility index (Phi) is 3.60. The molecule has 0 unspecified atom stereocenters. The maximum atomic E-state index is 3.70. The molecule has 1 aliphatic rings. The van der Waals surface area contributed by atoms with Gasteiger partial charge in [0.25, 0.3) is 0 Å². The molecule has 1 nitrogen and oxygen atoms in total. The highest BCUT2D eigenvalue weighted by molar-refractivity contribution is 9.09. The van der Waals surface area contributed by atoms with Crippen LogP contribution in [0.1, 0.15) is 18.4 Å². The largest absolute Gasteiger partial charge is 0.298 e. The number of hydrogen-bond donors (Lipinski definition) is 0. The second-order valence-corrected chi connectivity index (χ2v) is 5.26. The predicted octanol–water partition coefficient (Wildman–Crippen LogP) is 3.05. The minimum atomic E-state index is 0.694. The first-order valence-electron chi connectivity index (χ1n) is 5.25. The van der Waals surface area contributed by atoms with Crippen LogP contribution in [0, 0.1) is 0 Å². The Bertz CT molecular complexity index is 273. The summed E-state index contributed by atoms with van der Waals surface area (Å²) in [6, 6.07) is 10.7. The van der Waals surface area contributed by atoms with Gasteiger partial charge >= 0.3 is 0 Å². The van der Waals surface area contributed by atoms with Crippen LogP contribution in [0.25, 0.3) is 0 Å². The minimum absolute atomic E-state index is 0.694. The monoisotopic (exact) mass is 253 g/mol. The molecule has 1 aliphatic heterocycles. The van der Waals surface area contributed by atoms with Crippen LogP contribution in [0.2, 0.25) is 0 Å². The lowest BCUT2D eigenvalue weighted by atomic mass is 10.1. The van der Waals surface area contributed by atoms with Crippen LogP contribution in [-0.4, -0.2) is 22.8 Å². The summed E-state index contributed by atoms with van der Waals surface area (Å²) in [5.74, 6) is 0. The van der Waals surface area contributed by atoms with Crippen LogP contribution in [0.15, 0.2) is 30.3 Å². The number of hydrogen-bond acceptors (Lipinski definition) is 1. The first kappa shape index (κ1) is 10.2. The molecule has 0 aromatic heterocycles. The standard InChI is InChI=1S/C12H16BrN/c13-12-7-4-8-14(10-12)9-11-5-2-1-3-6-11/h1-3,5-6,12H,4,7-10H2/t12-/m0/s1. The van der Waals surface area contributed by atoms with E-state index in [2.05, 4.69) is 51.2 Å². The number of nitrogens with zero attached hydrogens (tertiary/aromatic N) is 1. The van der Waals surface area contributed by atoms with Crippen LogP contribution >= 0.6 is 15.9 Å². The average molecular weight is 254 g/mol. The highest BCUT2D eigenvalue weighted by Gasteiger charge is 2.16. The van der Waals surface area contributed by atoms with Crippen molar-refractivity contribution in [2.24, 2.45) is 0 Å². The summed E-state index contributed by atoms with van der Waals surface area (Å²) in [7, 11) is 0. The molecule has 1 saturated heterocycles. The van der Waals surface area contributed by atoms with Gasteiger partial charge < -0.3 is 0 Å². The summed E-state index contributed by atoms with van der Waals surface area (Å²) in [6.07, 6.45) is 2.65. The fourth-order valence-electron chi connectivity index (χ4n) is 1.98. The van der Waals surface area contributed by atoms with Crippen molar-refractivity contribution in [1.29, 1.82) is 0 Å². The van der Waals surface area contributed by atoms with Crippen molar-refractivity contribution in [2.45, 2.75) is 24.2 Å². The van der Waals surface area contributed by atoms with E-state index >= 15 is 0 Å². The fourth-order valence-corrected chi connectivity index (χ4v) is 2.72. The molecule has 0 bridgehead atoms. The van der Waals surface area contributed by atoms with Gasteiger partial charge in [-0.15, -0.1) is 0 Å². The molecule has 2 heteroatoms. The SMILES string of the molecule is Br[C@H]1CCCN(Cc2ccccc2)C1. The Labute approximate surface area is 94.2 Å². The minimum Gasteiger partial charge on any atom is -0.298 e. The number of halogens is 1.